The zero-order valence-electron chi connectivity index (χ0n) is 18.0. The number of benzene rings is 1. The van der Waals surface area contributed by atoms with Gasteiger partial charge in [-0.15, -0.1) is 0 Å². The van der Waals surface area contributed by atoms with Gasteiger partial charge in [-0.25, -0.2) is 4.68 Å². The molecule has 2 N–H and O–H groups in total. The van der Waals surface area contributed by atoms with E-state index in [0.29, 0.717) is 18.5 Å². The minimum Gasteiger partial charge on any atom is -0.374 e. The standard InChI is InChI=1S/C23H34N4O2/c1-16(2)27-22(11-12-24-27)26-23(28)18(4)25-20-9-6-8-19(14-20)15-29-21-10-5-7-17(3)13-21/h6,8-9,11-12,14,16-18,21,25H,5,7,10,13,15H2,1-4H3,(H,26,28). The van der Waals surface area contributed by atoms with Gasteiger partial charge in [-0.3, -0.25) is 4.79 Å². The van der Waals surface area contributed by atoms with E-state index in [1.807, 2.05) is 39.0 Å². The number of rotatable bonds is 8. The average Bonchev–Trinajstić information content (AvgIpc) is 3.15. The largest absolute Gasteiger partial charge is 0.374 e. The van der Waals surface area contributed by atoms with E-state index in [1.54, 1.807) is 10.9 Å². The van der Waals surface area contributed by atoms with E-state index in [9.17, 15) is 4.79 Å². The zero-order valence-corrected chi connectivity index (χ0v) is 18.0. The molecule has 0 spiro atoms. The summed E-state index contributed by atoms with van der Waals surface area (Å²) in [5.74, 6) is 1.38. The topological polar surface area (TPSA) is 68.2 Å². The number of ether oxygens (including phenoxy) is 1. The van der Waals surface area contributed by atoms with Gasteiger partial charge in [0.05, 0.1) is 18.9 Å². The minimum absolute atomic E-state index is 0.0924. The Bertz CT molecular complexity index is 802. The van der Waals surface area contributed by atoms with Gasteiger partial charge in [0.1, 0.15) is 11.9 Å². The summed E-state index contributed by atoms with van der Waals surface area (Å²) in [5, 5.41) is 10.5. The lowest BCUT2D eigenvalue weighted by molar-refractivity contribution is -0.116. The molecule has 1 aromatic heterocycles. The van der Waals surface area contributed by atoms with Crippen molar-refractivity contribution in [3.63, 3.8) is 0 Å². The van der Waals surface area contributed by atoms with Crippen molar-refractivity contribution in [2.24, 2.45) is 5.92 Å². The normalized spacial score (nSPS) is 20.4. The number of anilines is 2. The van der Waals surface area contributed by atoms with Gasteiger partial charge in [-0.2, -0.15) is 5.10 Å². The molecular formula is C23H34N4O2. The van der Waals surface area contributed by atoms with Crippen molar-refractivity contribution in [3.05, 3.63) is 42.1 Å². The van der Waals surface area contributed by atoms with Crippen LogP contribution in [0.15, 0.2) is 36.5 Å². The van der Waals surface area contributed by atoms with E-state index in [0.717, 1.165) is 30.0 Å². The summed E-state index contributed by atoms with van der Waals surface area (Å²) < 4.78 is 7.94. The Hall–Kier alpha value is -2.34. The van der Waals surface area contributed by atoms with Crippen LogP contribution >= 0.6 is 0 Å². The molecule has 2 aromatic rings. The highest BCUT2D eigenvalue weighted by Gasteiger charge is 2.19. The molecule has 6 heteroatoms. The van der Waals surface area contributed by atoms with E-state index in [4.69, 9.17) is 4.74 Å². The summed E-state index contributed by atoms with van der Waals surface area (Å²) in [7, 11) is 0. The second-order valence-corrected chi connectivity index (χ2v) is 8.52. The maximum atomic E-state index is 12.6. The van der Waals surface area contributed by atoms with Crippen LogP contribution < -0.4 is 10.6 Å². The Morgan fingerprint density at radius 2 is 2.10 bits per heavy atom. The van der Waals surface area contributed by atoms with Crippen molar-refractivity contribution in [2.45, 2.75) is 78.2 Å². The fourth-order valence-electron chi connectivity index (χ4n) is 3.87. The number of hydrogen-bond donors (Lipinski definition) is 2. The van der Waals surface area contributed by atoms with E-state index >= 15 is 0 Å². The Labute approximate surface area is 174 Å². The molecule has 1 heterocycles. The second kappa shape index (κ2) is 9.92. The molecule has 158 valence electrons. The van der Waals surface area contributed by atoms with Gasteiger partial charge < -0.3 is 15.4 Å². The monoisotopic (exact) mass is 398 g/mol. The van der Waals surface area contributed by atoms with Crippen LogP contribution in [0.1, 0.15) is 65.0 Å². The molecule has 1 aliphatic carbocycles. The first-order chi connectivity index (χ1) is 13.9. The predicted molar refractivity (Wildman–Crippen MR) is 117 cm³/mol. The van der Waals surface area contributed by atoms with Crippen LogP contribution in [0.5, 0.6) is 0 Å². The molecule has 3 rings (SSSR count). The molecule has 3 atom stereocenters. The average molecular weight is 399 g/mol. The van der Waals surface area contributed by atoms with E-state index < -0.39 is 0 Å². The van der Waals surface area contributed by atoms with Gasteiger partial charge in [0.25, 0.3) is 0 Å². The van der Waals surface area contributed by atoms with Gasteiger partial charge in [-0.1, -0.05) is 31.9 Å². The Balaban J connectivity index is 1.53. The predicted octanol–water partition coefficient (Wildman–Crippen LogP) is 5.00. The molecule has 1 aromatic carbocycles. The molecule has 29 heavy (non-hydrogen) atoms. The van der Waals surface area contributed by atoms with Crippen molar-refractivity contribution >= 4 is 17.4 Å². The van der Waals surface area contributed by atoms with Gasteiger partial charge in [0.15, 0.2) is 0 Å². The van der Waals surface area contributed by atoms with Crippen molar-refractivity contribution < 1.29 is 9.53 Å². The lowest BCUT2D eigenvalue weighted by atomic mass is 9.89. The molecule has 0 radical (unpaired) electrons. The third kappa shape index (κ3) is 6.07. The van der Waals surface area contributed by atoms with Gasteiger partial charge in [0.2, 0.25) is 5.91 Å². The SMILES string of the molecule is CC1CCCC(OCc2cccc(NC(C)C(=O)Nc3ccnn3C(C)C)c2)C1. The number of amides is 1. The second-order valence-electron chi connectivity index (χ2n) is 8.52. The molecule has 1 aliphatic rings. The fraction of sp³-hybridized carbons (Fsp3) is 0.565. The van der Waals surface area contributed by atoms with E-state index in [2.05, 4.69) is 34.8 Å². The van der Waals surface area contributed by atoms with Crippen LogP contribution in [0.3, 0.4) is 0 Å². The molecule has 0 saturated heterocycles. The number of hydrogen-bond acceptors (Lipinski definition) is 4. The number of nitrogens with one attached hydrogen (secondary N) is 2. The zero-order chi connectivity index (χ0) is 20.8. The van der Waals surface area contributed by atoms with E-state index in [1.165, 1.54) is 12.8 Å². The summed E-state index contributed by atoms with van der Waals surface area (Å²) in [6.07, 6.45) is 6.96. The molecule has 0 bridgehead atoms. The quantitative estimate of drug-likeness (QED) is 0.657. The van der Waals surface area contributed by atoms with Crippen LogP contribution in [-0.4, -0.2) is 27.8 Å². The molecule has 0 aliphatic heterocycles. The van der Waals surface area contributed by atoms with Crippen molar-refractivity contribution in [1.29, 1.82) is 0 Å². The summed E-state index contributed by atoms with van der Waals surface area (Å²) in [6, 6.07) is 9.75. The Morgan fingerprint density at radius 1 is 1.28 bits per heavy atom. The molecule has 3 unspecified atom stereocenters. The number of carbonyl (C=O) groups is 1. The summed E-state index contributed by atoms with van der Waals surface area (Å²) in [6.45, 7) is 8.84. The summed E-state index contributed by atoms with van der Waals surface area (Å²) >= 11 is 0. The summed E-state index contributed by atoms with van der Waals surface area (Å²) in [4.78, 5) is 12.6. The van der Waals surface area contributed by atoms with Crippen LogP contribution in [-0.2, 0) is 16.1 Å². The minimum atomic E-state index is -0.374. The summed E-state index contributed by atoms with van der Waals surface area (Å²) in [5.41, 5.74) is 2.04. The Kier molecular flexibility index (Phi) is 7.31. The molecule has 1 saturated carbocycles. The number of nitrogens with zero attached hydrogens (tertiary/aromatic N) is 2. The smallest absolute Gasteiger partial charge is 0.247 e. The maximum absolute atomic E-state index is 12.6. The molecule has 1 fully saturated rings. The molecular weight excluding hydrogens is 364 g/mol. The van der Waals surface area contributed by atoms with Gasteiger partial charge >= 0.3 is 0 Å². The first kappa shape index (κ1) is 21.4. The van der Waals surface area contributed by atoms with Crippen LogP contribution in [0.4, 0.5) is 11.5 Å². The van der Waals surface area contributed by atoms with Crippen LogP contribution in [0.25, 0.3) is 0 Å². The fourth-order valence-corrected chi connectivity index (χ4v) is 3.87. The first-order valence-electron chi connectivity index (χ1n) is 10.7. The van der Waals surface area contributed by atoms with Gasteiger partial charge in [-0.05, 0) is 57.2 Å². The highest BCUT2D eigenvalue weighted by Crippen LogP contribution is 2.26. The Morgan fingerprint density at radius 3 is 2.86 bits per heavy atom. The van der Waals surface area contributed by atoms with Crippen molar-refractivity contribution in [3.8, 4) is 0 Å². The number of aromatic nitrogens is 2. The lowest BCUT2D eigenvalue weighted by Crippen LogP contribution is -2.32. The lowest BCUT2D eigenvalue weighted by Gasteiger charge is -2.26. The molecule has 6 nitrogen and oxygen atoms in total. The highest BCUT2D eigenvalue weighted by atomic mass is 16.5. The number of carbonyl (C=O) groups excluding carboxylic acids is 1. The highest BCUT2D eigenvalue weighted by molar-refractivity contribution is 5.95. The molecule has 1 amide bonds. The van der Waals surface area contributed by atoms with Gasteiger partial charge in [0, 0.05) is 17.8 Å². The third-order valence-electron chi connectivity index (χ3n) is 5.49. The first-order valence-corrected chi connectivity index (χ1v) is 10.7. The van der Waals surface area contributed by atoms with Crippen molar-refractivity contribution in [2.75, 3.05) is 10.6 Å². The van der Waals surface area contributed by atoms with E-state index in [-0.39, 0.29) is 18.0 Å². The van der Waals surface area contributed by atoms with Crippen LogP contribution in [0.2, 0.25) is 0 Å². The van der Waals surface area contributed by atoms with Crippen molar-refractivity contribution in [1.82, 2.24) is 9.78 Å². The van der Waals surface area contributed by atoms with Crippen LogP contribution in [0, 0.1) is 5.92 Å². The maximum Gasteiger partial charge on any atom is 0.247 e. The third-order valence-corrected chi connectivity index (χ3v) is 5.49.